The molecule has 1 aliphatic rings. The van der Waals surface area contributed by atoms with Gasteiger partial charge in [0.1, 0.15) is 0 Å². The molecule has 1 fully saturated rings. The summed E-state index contributed by atoms with van der Waals surface area (Å²) in [5.74, 6) is 0. The third kappa shape index (κ3) is 3.35. The Labute approximate surface area is 98.2 Å². The SMILES string of the molecule is CNC(=O)N(C)C(C)(C)CN1CCNCC1. The zero-order valence-corrected chi connectivity index (χ0v) is 10.8. The van der Waals surface area contributed by atoms with Gasteiger partial charge in [0.15, 0.2) is 0 Å². The van der Waals surface area contributed by atoms with Gasteiger partial charge in [-0.1, -0.05) is 0 Å². The number of hydrogen-bond acceptors (Lipinski definition) is 3. The third-order valence-electron chi connectivity index (χ3n) is 3.25. The monoisotopic (exact) mass is 228 g/mol. The first-order valence-corrected chi connectivity index (χ1v) is 5.86. The number of hydrogen-bond donors (Lipinski definition) is 2. The van der Waals surface area contributed by atoms with E-state index >= 15 is 0 Å². The zero-order chi connectivity index (χ0) is 12.2. The van der Waals surface area contributed by atoms with E-state index in [-0.39, 0.29) is 11.6 Å². The van der Waals surface area contributed by atoms with Gasteiger partial charge in [-0.25, -0.2) is 4.79 Å². The van der Waals surface area contributed by atoms with Gasteiger partial charge >= 0.3 is 6.03 Å². The highest BCUT2D eigenvalue weighted by Crippen LogP contribution is 2.14. The highest BCUT2D eigenvalue weighted by atomic mass is 16.2. The van der Waals surface area contributed by atoms with Crippen LogP contribution in [0.1, 0.15) is 13.8 Å². The molecule has 0 bridgehead atoms. The molecule has 0 aliphatic carbocycles. The van der Waals surface area contributed by atoms with Crippen molar-refractivity contribution in [3.63, 3.8) is 0 Å². The fourth-order valence-electron chi connectivity index (χ4n) is 1.97. The van der Waals surface area contributed by atoms with Gasteiger partial charge < -0.3 is 15.5 Å². The van der Waals surface area contributed by atoms with Crippen molar-refractivity contribution in [2.24, 2.45) is 0 Å². The van der Waals surface area contributed by atoms with Crippen molar-refractivity contribution in [1.82, 2.24) is 20.4 Å². The number of rotatable bonds is 3. The predicted octanol–water partition coefficient (Wildman–Crippen LogP) is -0.0586. The van der Waals surface area contributed by atoms with Crippen molar-refractivity contribution in [3.8, 4) is 0 Å². The van der Waals surface area contributed by atoms with Gasteiger partial charge in [-0.3, -0.25) is 4.90 Å². The van der Waals surface area contributed by atoms with Crippen LogP contribution in [0.5, 0.6) is 0 Å². The molecule has 0 aromatic rings. The molecular formula is C11H24N4O. The van der Waals surface area contributed by atoms with Crippen LogP contribution in [-0.4, -0.2) is 68.2 Å². The van der Waals surface area contributed by atoms with Crippen LogP contribution in [0, 0.1) is 0 Å². The molecule has 0 spiro atoms. The second-order valence-corrected chi connectivity index (χ2v) is 4.95. The van der Waals surface area contributed by atoms with Gasteiger partial charge in [-0.05, 0) is 13.8 Å². The van der Waals surface area contributed by atoms with E-state index in [2.05, 4.69) is 29.4 Å². The first-order chi connectivity index (χ1) is 7.47. The second kappa shape index (κ2) is 5.50. The Bertz CT molecular complexity index is 236. The lowest BCUT2D eigenvalue weighted by Crippen LogP contribution is -2.57. The highest BCUT2D eigenvalue weighted by Gasteiger charge is 2.29. The summed E-state index contributed by atoms with van der Waals surface area (Å²) in [6.07, 6.45) is 0. The van der Waals surface area contributed by atoms with Crippen molar-refractivity contribution in [1.29, 1.82) is 0 Å². The number of nitrogens with one attached hydrogen (secondary N) is 2. The lowest BCUT2D eigenvalue weighted by Gasteiger charge is -2.40. The summed E-state index contributed by atoms with van der Waals surface area (Å²) in [6.45, 7) is 9.32. The standard InChI is InChI=1S/C11H24N4O/c1-11(2,14(4)10(16)12-3)9-15-7-5-13-6-8-15/h13H,5-9H2,1-4H3,(H,12,16). The lowest BCUT2D eigenvalue weighted by atomic mass is 10.0. The fraction of sp³-hybridized carbons (Fsp3) is 0.909. The van der Waals surface area contributed by atoms with Crippen LogP contribution in [0.15, 0.2) is 0 Å². The van der Waals surface area contributed by atoms with Crippen LogP contribution in [0.3, 0.4) is 0 Å². The molecule has 0 aromatic carbocycles. The summed E-state index contributed by atoms with van der Waals surface area (Å²) in [6, 6.07) is -0.0277. The number of carbonyl (C=O) groups is 1. The molecule has 0 unspecified atom stereocenters. The fourth-order valence-corrected chi connectivity index (χ4v) is 1.97. The molecule has 1 heterocycles. The van der Waals surface area contributed by atoms with E-state index < -0.39 is 0 Å². The summed E-state index contributed by atoms with van der Waals surface area (Å²) in [5, 5.41) is 5.99. The zero-order valence-electron chi connectivity index (χ0n) is 10.8. The largest absolute Gasteiger partial charge is 0.341 e. The van der Waals surface area contributed by atoms with E-state index in [1.54, 1.807) is 11.9 Å². The minimum Gasteiger partial charge on any atom is -0.341 e. The molecule has 1 aliphatic heterocycles. The maximum absolute atomic E-state index is 11.6. The predicted molar refractivity (Wildman–Crippen MR) is 65.6 cm³/mol. The molecule has 0 saturated carbocycles. The summed E-state index contributed by atoms with van der Waals surface area (Å²) in [7, 11) is 3.51. The Balaban J connectivity index is 2.51. The summed E-state index contributed by atoms with van der Waals surface area (Å²) < 4.78 is 0. The molecular weight excluding hydrogens is 204 g/mol. The van der Waals surface area contributed by atoms with E-state index in [1.165, 1.54) is 0 Å². The Kier molecular flexibility index (Phi) is 4.56. The molecule has 94 valence electrons. The molecule has 16 heavy (non-hydrogen) atoms. The second-order valence-electron chi connectivity index (χ2n) is 4.95. The maximum atomic E-state index is 11.6. The molecule has 1 saturated heterocycles. The van der Waals surface area contributed by atoms with E-state index in [9.17, 15) is 4.79 Å². The van der Waals surface area contributed by atoms with E-state index in [1.807, 2.05) is 7.05 Å². The number of likely N-dealkylation sites (N-methyl/N-ethyl adjacent to an activating group) is 1. The van der Waals surface area contributed by atoms with Crippen molar-refractivity contribution >= 4 is 6.03 Å². The Morgan fingerprint density at radius 3 is 2.50 bits per heavy atom. The number of carbonyl (C=O) groups excluding carboxylic acids is 1. The average Bonchev–Trinajstić information content (AvgIpc) is 2.27. The molecule has 0 aromatic heterocycles. The van der Waals surface area contributed by atoms with Gasteiger partial charge in [0.05, 0.1) is 5.54 Å². The molecule has 0 atom stereocenters. The average molecular weight is 228 g/mol. The summed E-state index contributed by atoms with van der Waals surface area (Å²) in [5.41, 5.74) is -0.141. The first kappa shape index (κ1) is 13.3. The van der Waals surface area contributed by atoms with Crippen molar-refractivity contribution in [2.45, 2.75) is 19.4 Å². The minimum absolute atomic E-state index is 0.0277. The molecule has 2 N–H and O–H groups in total. The molecule has 0 radical (unpaired) electrons. The van der Waals surface area contributed by atoms with Crippen LogP contribution in [0.2, 0.25) is 0 Å². The highest BCUT2D eigenvalue weighted by molar-refractivity contribution is 5.74. The quantitative estimate of drug-likeness (QED) is 0.711. The Morgan fingerprint density at radius 2 is 2.00 bits per heavy atom. The topological polar surface area (TPSA) is 47.6 Å². The van der Waals surface area contributed by atoms with E-state index in [4.69, 9.17) is 0 Å². The van der Waals surface area contributed by atoms with Crippen LogP contribution in [-0.2, 0) is 0 Å². The van der Waals surface area contributed by atoms with Crippen LogP contribution >= 0.6 is 0 Å². The number of piperazine rings is 1. The van der Waals surface area contributed by atoms with Gasteiger partial charge in [0.25, 0.3) is 0 Å². The normalized spacial score (nSPS) is 18.2. The van der Waals surface area contributed by atoms with Gasteiger partial charge in [-0.15, -0.1) is 0 Å². The number of amides is 2. The van der Waals surface area contributed by atoms with Gasteiger partial charge in [0.2, 0.25) is 0 Å². The Hall–Kier alpha value is -0.810. The molecule has 5 heteroatoms. The lowest BCUT2D eigenvalue weighted by molar-refractivity contribution is 0.107. The molecule has 2 amide bonds. The van der Waals surface area contributed by atoms with Crippen molar-refractivity contribution in [2.75, 3.05) is 46.8 Å². The Morgan fingerprint density at radius 1 is 1.44 bits per heavy atom. The van der Waals surface area contributed by atoms with Crippen molar-refractivity contribution < 1.29 is 4.79 Å². The van der Waals surface area contributed by atoms with Gasteiger partial charge in [0, 0.05) is 46.8 Å². The number of nitrogens with zero attached hydrogens (tertiary/aromatic N) is 2. The summed E-state index contributed by atoms with van der Waals surface area (Å²) >= 11 is 0. The van der Waals surface area contributed by atoms with Crippen molar-refractivity contribution in [3.05, 3.63) is 0 Å². The van der Waals surface area contributed by atoms with Crippen LogP contribution in [0.25, 0.3) is 0 Å². The molecule has 1 rings (SSSR count). The number of urea groups is 1. The third-order valence-corrected chi connectivity index (χ3v) is 3.25. The smallest absolute Gasteiger partial charge is 0.317 e. The van der Waals surface area contributed by atoms with Crippen LogP contribution in [0.4, 0.5) is 4.79 Å². The van der Waals surface area contributed by atoms with E-state index in [0.717, 1.165) is 32.7 Å². The van der Waals surface area contributed by atoms with Gasteiger partial charge in [-0.2, -0.15) is 0 Å². The summed E-state index contributed by atoms with van der Waals surface area (Å²) in [4.78, 5) is 15.8. The maximum Gasteiger partial charge on any atom is 0.317 e. The van der Waals surface area contributed by atoms with Crippen LogP contribution < -0.4 is 10.6 Å². The minimum atomic E-state index is -0.141. The van der Waals surface area contributed by atoms with E-state index in [0.29, 0.717) is 0 Å². The first-order valence-electron chi connectivity index (χ1n) is 5.86. The molecule has 5 nitrogen and oxygen atoms in total.